The zero-order valence-corrected chi connectivity index (χ0v) is 11.2. The van der Waals surface area contributed by atoms with E-state index in [1.54, 1.807) is 12.5 Å². The first kappa shape index (κ1) is 13.3. The van der Waals surface area contributed by atoms with Gasteiger partial charge < -0.3 is 9.67 Å². The number of aromatic nitrogens is 2. The minimum Gasteiger partial charge on any atom is -0.395 e. The third-order valence-electron chi connectivity index (χ3n) is 3.81. The Labute approximate surface area is 117 Å². The lowest BCUT2D eigenvalue weighted by molar-refractivity contribution is 0.153. The van der Waals surface area contributed by atoms with Crippen molar-refractivity contribution in [1.29, 1.82) is 0 Å². The van der Waals surface area contributed by atoms with Gasteiger partial charge in [0.15, 0.2) is 0 Å². The number of aliphatic hydroxyl groups excluding tert-OH is 1. The van der Waals surface area contributed by atoms with Crippen molar-refractivity contribution in [3.8, 4) is 5.69 Å². The van der Waals surface area contributed by atoms with Crippen LogP contribution in [0.25, 0.3) is 5.69 Å². The molecule has 1 aromatic carbocycles. The van der Waals surface area contributed by atoms with Gasteiger partial charge in [-0.3, -0.25) is 4.90 Å². The maximum Gasteiger partial charge on any atom is 0.114 e. The van der Waals surface area contributed by atoms with Crippen LogP contribution in [-0.2, 0) is 6.54 Å². The van der Waals surface area contributed by atoms with Crippen LogP contribution < -0.4 is 0 Å². The number of hydrogen-bond acceptors (Lipinski definition) is 3. The van der Waals surface area contributed by atoms with Crippen molar-refractivity contribution < 1.29 is 9.50 Å². The molecule has 1 N–H and O–H groups in total. The lowest BCUT2D eigenvalue weighted by Gasteiger charge is -2.22. The number of alkyl halides is 1. The average molecular weight is 275 g/mol. The Kier molecular flexibility index (Phi) is 3.80. The fourth-order valence-electron chi connectivity index (χ4n) is 2.73. The standard InChI is InChI=1S/C15H18FN3O/c16-13-7-15(10-20)19(9-13)8-12-1-3-14(4-2-12)18-6-5-17-11-18/h1-6,11,13,15,20H,7-10H2/t13-,15-/m0/s1. The number of nitrogens with zero attached hydrogens (tertiary/aromatic N) is 3. The van der Waals surface area contributed by atoms with Crippen LogP contribution in [0.1, 0.15) is 12.0 Å². The molecular formula is C15H18FN3O. The smallest absolute Gasteiger partial charge is 0.114 e. The molecule has 4 nitrogen and oxygen atoms in total. The summed E-state index contributed by atoms with van der Waals surface area (Å²) in [6.45, 7) is 1.11. The quantitative estimate of drug-likeness (QED) is 0.924. The SMILES string of the molecule is OC[C@@H]1C[C@H](F)CN1Cc1ccc(-n2ccnc2)cc1. The fourth-order valence-corrected chi connectivity index (χ4v) is 2.73. The molecular weight excluding hydrogens is 257 g/mol. The summed E-state index contributed by atoms with van der Waals surface area (Å²) in [6.07, 6.45) is 5.00. The number of likely N-dealkylation sites (tertiary alicyclic amines) is 1. The topological polar surface area (TPSA) is 41.3 Å². The van der Waals surface area contributed by atoms with Crippen LogP contribution in [0.2, 0.25) is 0 Å². The summed E-state index contributed by atoms with van der Waals surface area (Å²) in [5.74, 6) is 0. The number of imidazole rings is 1. The first-order valence-electron chi connectivity index (χ1n) is 6.82. The third kappa shape index (κ3) is 2.73. The molecule has 1 aliphatic rings. The normalized spacial score (nSPS) is 23.3. The molecule has 5 heteroatoms. The van der Waals surface area contributed by atoms with Crippen LogP contribution >= 0.6 is 0 Å². The predicted octanol–water partition coefficient (Wildman–Crippen LogP) is 1.78. The molecule has 0 radical (unpaired) electrons. The van der Waals surface area contributed by atoms with Crippen molar-refractivity contribution in [1.82, 2.24) is 14.5 Å². The van der Waals surface area contributed by atoms with Crippen molar-refractivity contribution in [3.63, 3.8) is 0 Å². The number of benzene rings is 1. The fraction of sp³-hybridized carbons (Fsp3) is 0.400. The van der Waals surface area contributed by atoms with Gasteiger partial charge in [-0.2, -0.15) is 0 Å². The zero-order valence-electron chi connectivity index (χ0n) is 11.2. The minimum absolute atomic E-state index is 0.0214. The molecule has 1 saturated heterocycles. The van der Waals surface area contributed by atoms with Crippen molar-refractivity contribution in [3.05, 3.63) is 48.5 Å². The van der Waals surface area contributed by atoms with Gasteiger partial charge in [0.05, 0.1) is 12.9 Å². The molecule has 0 bridgehead atoms. The Morgan fingerprint density at radius 2 is 2.10 bits per heavy atom. The summed E-state index contributed by atoms with van der Waals surface area (Å²) < 4.78 is 15.3. The Bertz CT molecular complexity index is 541. The lowest BCUT2D eigenvalue weighted by Crippen LogP contribution is -2.31. The summed E-state index contributed by atoms with van der Waals surface area (Å²) in [4.78, 5) is 6.03. The highest BCUT2D eigenvalue weighted by atomic mass is 19.1. The molecule has 0 unspecified atom stereocenters. The summed E-state index contributed by atoms with van der Waals surface area (Å²) >= 11 is 0. The number of halogens is 1. The largest absolute Gasteiger partial charge is 0.395 e. The molecule has 20 heavy (non-hydrogen) atoms. The van der Waals surface area contributed by atoms with Crippen molar-refractivity contribution in [2.24, 2.45) is 0 Å². The Morgan fingerprint density at radius 1 is 1.30 bits per heavy atom. The second-order valence-electron chi connectivity index (χ2n) is 5.24. The van der Waals surface area contributed by atoms with Gasteiger partial charge in [0.2, 0.25) is 0 Å². The van der Waals surface area contributed by atoms with E-state index < -0.39 is 6.17 Å². The molecule has 0 spiro atoms. The van der Waals surface area contributed by atoms with Crippen LogP contribution in [0, 0.1) is 0 Å². The molecule has 0 aliphatic carbocycles. The van der Waals surface area contributed by atoms with Crippen LogP contribution in [-0.4, -0.2) is 44.9 Å². The maximum absolute atomic E-state index is 13.4. The van der Waals surface area contributed by atoms with Gasteiger partial charge in [-0.25, -0.2) is 9.37 Å². The average Bonchev–Trinajstić information content (AvgIpc) is 3.09. The van der Waals surface area contributed by atoms with Crippen LogP contribution in [0.15, 0.2) is 43.0 Å². The van der Waals surface area contributed by atoms with Gasteiger partial charge in [0.25, 0.3) is 0 Å². The first-order chi connectivity index (χ1) is 9.76. The highest BCUT2D eigenvalue weighted by molar-refractivity contribution is 5.34. The summed E-state index contributed by atoms with van der Waals surface area (Å²) in [5.41, 5.74) is 2.18. The monoisotopic (exact) mass is 275 g/mol. The van der Waals surface area contributed by atoms with Crippen LogP contribution in [0.4, 0.5) is 4.39 Å². The second kappa shape index (κ2) is 5.73. The number of aliphatic hydroxyl groups is 1. The van der Waals surface area contributed by atoms with E-state index in [1.165, 1.54) is 0 Å². The molecule has 2 atom stereocenters. The van der Waals surface area contributed by atoms with Crippen LogP contribution in [0.3, 0.4) is 0 Å². The number of hydrogen-bond donors (Lipinski definition) is 1. The van der Waals surface area contributed by atoms with E-state index in [0.29, 0.717) is 19.5 Å². The van der Waals surface area contributed by atoms with Crippen LogP contribution in [0.5, 0.6) is 0 Å². The number of rotatable bonds is 4. The molecule has 1 aliphatic heterocycles. The van der Waals surface area contributed by atoms with E-state index >= 15 is 0 Å². The molecule has 1 fully saturated rings. The van der Waals surface area contributed by atoms with E-state index in [9.17, 15) is 9.50 Å². The highest BCUT2D eigenvalue weighted by Gasteiger charge is 2.31. The molecule has 0 saturated carbocycles. The second-order valence-corrected chi connectivity index (χ2v) is 5.24. The highest BCUT2D eigenvalue weighted by Crippen LogP contribution is 2.22. The van der Waals surface area contributed by atoms with Crippen molar-refractivity contribution in [2.75, 3.05) is 13.2 Å². The van der Waals surface area contributed by atoms with E-state index in [4.69, 9.17) is 0 Å². The first-order valence-corrected chi connectivity index (χ1v) is 6.82. The lowest BCUT2D eigenvalue weighted by atomic mass is 10.1. The van der Waals surface area contributed by atoms with Crippen molar-refractivity contribution in [2.45, 2.75) is 25.2 Å². The molecule has 106 valence electrons. The Morgan fingerprint density at radius 3 is 2.75 bits per heavy atom. The van der Waals surface area contributed by atoms with E-state index in [2.05, 4.69) is 4.98 Å². The molecule has 3 rings (SSSR count). The van der Waals surface area contributed by atoms with Gasteiger partial charge in [-0.1, -0.05) is 12.1 Å². The van der Waals surface area contributed by atoms with Gasteiger partial charge in [0.1, 0.15) is 6.17 Å². The van der Waals surface area contributed by atoms with Gasteiger partial charge in [-0.15, -0.1) is 0 Å². The molecule has 2 heterocycles. The third-order valence-corrected chi connectivity index (χ3v) is 3.81. The Hall–Kier alpha value is -1.72. The zero-order chi connectivity index (χ0) is 13.9. The van der Waals surface area contributed by atoms with Gasteiger partial charge in [0, 0.05) is 37.2 Å². The molecule has 1 aromatic heterocycles. The summed E-state index contributed by atoms with van der Waals surface area (Å²) in [5, 5.41) is 9.28. The van der Waals surface area contributed by atoms with Crippen molar-refractivity contribution >= 4 is 0 Å². The van der Waals surface area contributed by atoms with Gasteiger partial charge >= 0.3 is 0 Å². The van der Waals surface area contributed by atoms with E-state index in [0.717, 1.165) is 11.3 Å². The summed E-state index contributed by atoms with van der Waals surface area (Å²) in [6, 6.07) is 8.06. The van der Waals surface area contributed by atoms with Gasteiger partial charge in [-0.05, 0) is 24.1 Å². The summed E-state index contributed by atoms with van der Waals surface area (Å²) in [7, 11) is 0. The Balaban J connectivity index is 1.69. The minimum atomic E-state index is -0.822. The molecule has 2 aromatic rings. The van der Waals surface area contributed by atoms with E-state index in [1.807, 2.05) is 39.9 Å². The van der Waals surface area contributed by atoms with E-state index in [-0.39, 0.29) is 12.6 Å². The maximum atomic E-state index is 13.4. The predicted molar refractivity (Wildman–Crippen MR) is 74.4 cm³/mol. The molecule has 0 amide bonds.